The maximum Gasteiger partial charge on any atom is 0.0242 e. The van der Waals surface area contributed by atoms with Gasteiger partial charge in [-0.15, -0.1) is 0 Å². The summed E-state index contributed by atoms with van der Waals surface area (Å²) in [5.41, 5.74) is 4.27. The van der Waals surface area contributed by atoms with E-state index in [4.69, 9.17) is 0 Å². The molecule has 1 nitrogen and oxygen atoms in total. The van der Waals surface area contributed by atoms with E-state index in [1.54, 1.807) is 0 Å². The van der Waals surface area contributed by atoms with Gasteiger partial charge in [-0.2, -0.15) is 0 Å². The van der Waals surface area contributed by atoms with Gasteiger partial charge in [-0.1, -0.05) is 28.1 Å². The predicted octanol–water partition coefficient (Wildman–Crippen LogP) is 3.14. The van der Waals surface area contributed by atoms with Crippen LogP contribution in [0.2, 0.25) is 0 Å². The number of rotatable bonds is 1. The molecule has 1 saturated heterocycles. The topological polar surface area (TPSA) is 12.0 Å². The van der Waals surface area contributed by atoms with Crippen LogP contribution >= 0.6 is 15.9 Å². The maximum absolute atomic E-state index is 3.71. The molecule has 0 aromatic heterocycles. The number of nitrogens with one attached hydrogen (secondary N) is 1. The van der Waals surface area contributed by atoms with Crippen LogP contribution in [-0.2, 0) is 0 Å². The van der Waals surface area contributed by atoms with Crippen LogP contribution in [0.3, 0.4) is 0 Å². The van der Waals surface area contributed by atoms with Crippen molar-refractivity contribution < 1.29 is 0 Å². The van der Waals surface area contributed by atoms with Crippen molar-refractivity contribution >= 4 is 15.9 Å². The lowest BCUT2D eigenvalue weighted by Crippen LogP contribution is -2.09. The molecule has 1 aliphatic rings. The van der Waals surface area contributed by atoms with Crippen molar-refractivity contribution in [3.05, 3.63) is 33.3 Å². The Bertz CT molecular complexity index is 340. The summed E-state index contributed by atoms with van der Waals surface area (Å²) < 4.78 is 1.31. The monoisotopic (exact) mass is 253 g/mol. The van der Waals surface area contributed by atoms with E-state index in [2.05, 4.69) is 47.2 Å². The molecule has 1 N–H and O–H groups in total. The number of hydrogen-bond acceptors (Lipinski definition) is 1. The molecule has 14 heavy (non-hydrogen) atoms. The first kappa shape index (κ1) is 10.2. The summed E-state index contributed by atoms with van der Waals surface area (Å²) in [7, 11) is 0. The largest absolute Gasteiger partial charge is 0.316 e. The third-order valence-electron chi connectivity index (χ3n) is 3.06. The van der Waals surface area contributed by atoms with Crippen molar-refractivity contribution in [1.82, 2.24) is 5.32 Å². The van der Waals surface area contributed by atoms with Crippen molar-refractivity contribution in [1.29, 1.82) is 0 Å². The standard InChI is InChI=1S/C12H16BrN/c1-8-3-4-9(2)12(13)11(8)10-5-6-14-7-10/h3-4,10,14H,5-7H2,1-2H3. The van der Waals surface area contributed by atoms with Crippen molar-refractivity contribution in [2.24, 2.45) is 0 Å². The smallest absolute Gasteiger partial charge is 0.0242 e. The highest BCUT2D eigenvalue weighted by molar-refractivity contribution is 9.10. The fourth-order valence-electron chi connectivity index (χ4n) is 2.20. The van der Waals surface area contributed by atoms with Crippen LogP contribution in [0.15, 0.2) is 16.6 Å². The van der Waals surface area contributed by atoms with Gasteiger partial charge < -0.3 is 5.32 Å². The summed E-state index contributed by atoms with van der Waals surface area (Å²) in [4.78, 5) is 0. The molecule has 1 aliphatic heterocycles. The van der Waals surface area contributed by atoms with E-state index in [0.29, 0.717) is 5.92 Å². The first-order valence-corrected chi connectivity index (χ1v) is 5.95. The van der Waals surface area contributed by atoms with Gasteiger partial charge in [0, 0.05) is 11.0 Å². The fraction of sp³-hybridized carbons (Fsp3) is 0.500. The quantitative estimate of drug-likeness (QED) is 0.811. The molecule has 1 aromatic carbocycles. The van der Waals surface area contributed by atoms with E-state index in [1.807, 2.05) is 0 Å². The van der Waals surface area contributed by atoms with Crippen molar-refractivity contribution in [3.8, 4) is 0 Å². The highest BCUT2D eigenvalue weighted by atomic mass is 79.9. The zero-order valence-corrected chi connectivity index (χ0v) is 10.3. The number of halogens is 1. The molecule has 76 valence electrons. The van der Waals surface area contributed by atoms with Crippen LogP contribution in [0.4, 0.5) is 0 Å². The third kappa shape index (κ3) is 1.73. The Morgan fingerprint density at radius 1 is 1.29 bits per heavy atom. The Balaban J connectivity index is 2.44. The molecule has 0 aliphatic carbocycles. The summed E-state index contributed by atoms with van der Waals surface area (Å²) in [6.07, 6.45) is 1.27. The molecule has 1 heterocycles. The SMILES string of the molecule is Cc1ccc(C)c(C2CCNC2)c1Br. The third-order valence-corrected chi connectivity index (χ3v) is 4.11. The summed E-state index contributed by atoms with van der Waals surface area (Å²) in [6.45, 7) is 6.65. The molecule has 2 heteroatoms. The van der Waals surface area contributed by atoms with E-state index < -0.39 is 0 Å². The second-order valence-corrected chi connectivity index (χ2v) is 4.91. The molecule has 0 bridgehead atoms. The number of benzene rings is 1. The average Bonchev–Trinajstić information content (AvgIpc) is 2.65. The molecule has 1 unspecified atom stereocenters. The van der Waals surface area contributed by atoms with Gasteiger partial charge >= 0.3 is 0 Å². The summed E-state index contributed by atoms with van der Waals surface area (Å²) in [5, 5.41) is 3.42. The van der Waals surface area contributed by atoms with Crippen molar-refractivity contribution in [3.63, 3.8) is 0 Å². The molecule has 1 aromatic rings. The molecule has 1 fully saturated rings. The molecule has 2 rings (SSSR count). The first-order chi connectivity index (χ1) is 6.70. The second kappa shape index (κ2) is 4.03. The molecular weight excluding hydrogens is 238 g/mol. The van der Waals surface area contributed by atoms with Crippen LogP contribution in [0, 0.1) is 13.8 Å². The van der Waals surface area contributed by atoms with Gasteiger partial charge in [0.05, 0.1) is 0 Å². The van der Waals surface area contributed by atoms with Crippen LogP contribution in [-0.4, -0.2) is 13.1 Å². The minimum Gasteiger partial charge on any atom is -0.316 e. The van der Waals surface area contributed by atoms with E-state index >= 15 is 0 Å². The lowest BCUT2D eigenvalue weighted by molar-refractivity contribution is 0.752. The van der Waals surface area contributed by atoms with Crippen LogP contribution in [0.25, 0.3) is 0 Å². The van der Waals surface area contributed by atoms with Gasteiger partial charge in [-0.25, -0.2) is 0 Å². The highest BCUT2D eigenvalue weighted by Gasteiger charge is 2.21. The highest BCUT2D eigenvalue weighted by Crippen LogP contribution is 2.33. The molecule has 1 atom stereocenters. The van der Waals surface area contributed by atoms with E-state index in [-0.39, 0.29) is 0 Å². The lowest BCUT2D eigenvalue weighted by atomic mass is 9.93. The Labute approximate surface area is 94.0 Å². The Morgan fingerprint density at radius 3 is 2.64 bits per heavy atom. The predicted molar refractivity (Wildman–Crippen MR) is 63.8 cm³/mol. The van der Waals surface area contributed by atoms with Crippen LogP contribution in [0.5, 0.6) is 0 Å². The van der Waals surface area contributed by atoms with Crippen LogP contribution in [0.1, 0.15) is 29.0 Å². The average molecular weight is 254 g/mol. The summed E-state index contributed by atoms with van der Waals surface area (Å²) in [5.74, 6) is 0.698. The van der Waals surface area contributed by atoms with Gasteiger partial charge in [0.2, 0.25) is 0 Å². The van der Waals surface area contributed by atoms with E-state index in [1.165, 1.54) is 27.6 Å². The van der Waals surface area contributed by atoms with Crippen molar-refractivity contribution in [2.75, 3.05) is 13.1 Å². The zero-order chi connectivity index (χ0) is 10.1. The van der Waals surface area contributed by atoms with E-state index in [9.17, 15) is 0 Å². The number of aryl methyl sites for hydroxylation is 2. The van der Waals surface area contributed by atoms with Gasteiger partial charge in [-0.05, 0) is 49.4 Å². The van der Waals surface area contributed by atoms with Gasteiger partial charge in [0.15, 0.2) is 0 Å². The number of hydrogen-bond donors (Lipinski definition) is 1. The van der Waals surface area contributed by atoms with Gasteiger partial charge in [-0.3, -0.25) is 0 Å². The Kier molecular flexibility index (Phi) is 2.93. The first-order valence-electron chi connectivity index (χ1n) is 5.16. The molecule has 0 saturated carbocycles. The van der Waals surface area contributed by atoms with Gasteiger partial charge in [0.1, 0.15) is 0 Å². The van der Waals surface area contributed by atoms with Gasteiger partial charge in [0.25, 0.3) is 0 Å². The zero-order valence-electron chi connectivity index (χ0n) is 8.73. The van der Waals surface area contributed by atoms with Crippen molar-refractivity contribution in [2.45, 2.75) is 26.2 Å². The molecule has 0 spiro atoms. The van der Waals surface area contributed by atoms with Crippen LogP contribution < -0.4 is 5.32 Å². The minimum atomic E-state index is 0.698. The summed E-state index contributed by atoms with van der Waals surface area (Å²) >= 11 is 3.71. The second-order valence-electron chi connectivity index (χ2n) is 4.12. The summed E-state index contributed by atoms with van der Waals surface area (Å²) in [6, 6.07) is 4.42. The Hall–Kier alpha value is -0.340. The normalized spacial score (nSPS) is 21.5. The maximum atomic E-state index is 3.71. The fourth-order valence-corrected chi connectivity index (χ4v) is 2.97. The lowest BCUT2D eigenvalue weighted by Gasteiger charge is -2.16. The minimum absolute atomic E-state index is 0.698. The molecular formula is C12H16BrN. The van der Waals surface area contributed by atoms with E-state index in [0.717, 1.165) is 13.1 Å². The molecule has 0 radical (unpaired) electrons. The molecule has 0 amide bonds. The Morgan fingerprint density at radius 2 is 2.00 bits per heavy atom.